The Morgan fingerprint density at radius 3 is 2.44 bits per heavy atom. The fourth-order valence-electron chi connectivity index (χ4n) is 1.56. The van der Waals surface area contributed by atoms with E-state index in [1.54, 1.807) is 0 Å². The maximum absolute atomic E-state index is 10.1. The molecular weight excluding hydrogens is 128 g/mol. The summed E-state index contributed by atoms with van der Waals surface area (Å²) >= 11 is 0. The van der Waals surface area contributed by atoms with E-state index in [-0.39, 0.29) is 0 Å². The van der Waals surface area contributed by atoms with Gasteiger partial charge < -0.3 is 4.79 Å². The molecule has 1 aliphatic rings. The topological polar surface area (TPSA) is 17.1 Å². The summed E-state index contributed by atoms with van der Waals surface area (Å²) in [6.07, 6.45) is 5.36. The maximum Gasteiger partial charge on any atom is 0.117 e. The highest BCUT2D eigenvalue weighted by atomic mass is 28.3. The Balaban J connectivity index is 2.15. The fourth-order valence-corrected chi connectivity index (χ4v) is 4.32. The van der Waals surface area contributed by atoms with Gasteiger partial charge in [0.25, 0.3) is 0 Å². The Morgan fingerprint density at radius 2 is 1.89 bits per heavy atom. The summed E-state index contributed by atoms with van der Waals surface area (Å²) in [4.78, 5) is 10.1. The molecule has 0 amide bonds. The summed E-state index contributed by atoms with van der Waals surface area (Å²) in [5.41, 5.74) is 0. The number of aldehydes is 1. The van der Waals surface area contributed by atoms with Crippen molar-refractivity contribution in [3.05, 3.63) is 0 Å². The van der Waals surface area contributed by atoms with Crippen LogP contribution in [0.15, 0.2) is 0 Å². The van der Waals surface area contributed by atoms with Gasteiger partial charge in [0.1, 0.15) is 6.29 Å². The number of carbonyl (C=O) groups is 1. The van der Waals surface area contributed by atoms with Gasteiger partial charge in [0.15, 0.2) is 0 Å². The molecule has 0 aromatic heterocycles. The average Bonchev–Trinajstić information content (AvgIpc) is 1.91. The molecular formula is C7H14OSi. The van der Waals surface area contributed by atoms with Crippen LogP contribution < -0.4 is 0 Å². The van der Waals surface area contributed by atoms with Gasteiger partial charge in [-0.3, -0.25) is 0 Å². The van der Waals surface area contributed by atoms with Gasteiger partial charge in [-0.1, -0.05) is 31.4 Å². The zero-order valence-electron chi connectivity index (χ0n) is 5.81. The predicted molar refractivity (Wildman–Crippen MR) is 41.5 cm³/mol. The smallest absolute Gasteiger partial charge is 0.117 e. The number of rotatable bonds is 2. The first-order valence-corrected chi connectivity index (χ1v) is 6.32. The lowest BCUT2D eigenvalue weighted by atomic mass is 10.3. The highest BCUT2D eigenvalue weighted by molar-refractivity contribution is 6.61. The lowest BCUT2D eigenvalue weighted by molar-refractivity contribution is -0.106. The van der Waals surface area contributed by atoms with Crippen LogP contribution in [0.3, 0.4) is 0 Å². The third-order valence-electron chi connectivity index (χ3n) is 2.15. The summed E-state index contributed by atoms with van der Waals surface area (Å²) in [6.45, 7) is 0. The zero-order chi connectivity index (χ0) is 6.53. The Bertz CT molecular complexity index is 86.9. The van der Waals surface area contributed by atoms with Crippen molar-refractivity contribution in [3.63, 3.8) is 0 Å². The lowest BCUT2D eigenvalue weighted by Gasteiger charge is -2.16. The third kappa shape index (κ3) is 2.31. The molecule has 0 bridgehead atoms. The number of hydrogen-bond donors (Lipinski definition) is 0. The van der Waals surface area contributed by atoms with E-state index in [9.17, 15) is 4.79 Å². The summed E-state index contributed by atoms with van der Waals surface area (Å²) in [6, 6.07) is 3.80. The number of hydrogen-bond acceptors (Lipinski definition) is 1. The first kappa shape index (κ1) is 7.00. The molecule has 0 atom stereocenters. The molecule has 52 valence electrons. The minimum atomic E-state index is -0.494. The van der Waals surface area contributed by atoms with E-state index in [1.165, 1.54) is 31.4 Å². The second-order valence-electron chi connectivity index (χ2n) is 2.91. The van der Waals surface area contributed by atoms with Crippen molar-refractivity contribution >= 4 is 15.1 Å². The van der Waals surface area contributed by atoms with Crippen LogP contribution in [0.2, 0.25) is 18.1 Å². The first-order chi connectivity index (χ1) is 4.43. The van der Waals surface area contributed by atoms with Gasteiger partial charge >= 0.3 is 0 Å². The Hall–Kier alpha value is -0.113. The van der Waals surface area contributed by atoms with Crippen LogP contribution in [-0.2, 0) is 4.79 Å². The minimum absolute atomic E-state index is 0.494. The number of carbonyl (C=O) groups excluding carboxylic acids is 1. The van der Waals surface area contributed by atoms with Gasteiger partial charge in [0, 0.05) is 8.80 Å². The van der Waals surface area contributed by atoms with Crippen molar-refractivity contribution < 1.29 is 4.79 Å². The molecule has 1 fully saturated rings. The molecule has 0 N–H and O–H groups in total. The van der Waals surface area contributed by atoms with E-state index >= 15 is 0 Å². The largest absolute Gasteiger partial charge is 0.304 e. The third-order valence-corrected chi connectivity index (χ3v) is 5.46. The Labute approximate surface area is 58.1 Å². The second-order valence-corrected chi connectivity index (χ2v) is 6.26. The van der Waals surface area contributed by atoms with Gasteiger partial charge in [-0.2, -0.15) is 0 Å². The predicted octanol–water partition coefficient (Wildman–Crippen LogP) is 1.60. The minimum Gasteiger partial charge on any atom is -0.304 e. The Kier molecular flexibility index (Phi) is 2.98. The van der Waals surface area contributed by atoms with Gasteiger partial charge in [-0.25, -0.2) is 0 Å². The average molecular weight is 142 g/mol. The second kappa shape index (κ2) is 3.83. The highest BCUT2D eigenvalue weighted by Gasteiger charge is 2.13. The maximum atomic E-state index is 10.1. The quantitative estimate of drug-likeness (QED) is 0.423. The van der Waals surface area contributed by atoms with Crippen LogP contribution in [0.5, 0.6) is 0 Å². The van der Waals surface area contributed by atoms with Crippen LogP contribution in [0.4, 0.5) is 0 Å². The van der Waals surface area contributed by atoms with Crippen LogP contribution in [0.25, 0.3) is 0 Å². The van der Waals surface area contributed by atoms with E-state index in [0.29, 0.717) is 0 Å². The van der Waals surface area contributed by atoms with Crippen molar-refractivity contribution in [3.8, 4) is 0 Å². The molecule has 0 aromatic rings. The highest BCUT2D eigenvalue weighted by Crippen LogP contribution is 2.20. The van der Waals surface area contributed by atoms with Gasteiger partial charge in [-0.05, 0) is 6.04 Å². The van der Waals surface area contributed by atoms with E-state index in [2.05, 4.69) is 0 Å². The normalized spacial score (nSPS) is 21.8. The molecule has 1 nitrogen and oxygen atoms in total. The van der Waals surface area contributed by atoms with Crippen molar-refractivity contribution in [2.24, 2.45) is 0 Å². The van der Waals surface area contributed by atoms with Crippen LogP contribution in [-0.4, -0.2) is 15.1 Å². The van der Waals surface area contributed by atoms with Crippen molar-refractivity contribution in [1.29, 1.82) is 0 Å². The molecule has 1 saturated heterocycles. The van der Waals surface area contributed by atoms with E-state index in [0.717, 1.165) is 12.3 Å². The van der Waals surface area contributed by atoms with E-state index in [4.69, 9.17) is 0 Å². The first-order valence-electron chi connectivity index (χ1n) is 3.87. The summed E-state index contributed by atoms with van der Waals surface area (Å²) < 4.78 is 0. The standard InChI is InChI=1S/C7H14OSi/c8-4-7-9-5-2-1-3-6-9/h4,9H,1-3,5-7H2. The molecule has 0 aromatic carbocycles. The molecule has 0 saturated carbocycles. The molecule has 0 aliphatic carbocycles. The molecule has 2 heteroatoms. The van der Waals surface area contributed by atoms with Crippen LogP contribution >= 0.6 is 0 Å². The lowest BCUT2D eigenvalue weighted by Crippen LogP contribution is -2.15. The van der Waals surface area contributed by atoms with Gasteiger partial charge in [0.2, 0.25) is 0 Å². The van der Waals surface area contributed by atoms with Crippen LogP contribution in [0.1, 0.15) is 19.3 Å². The monoisotopic (exact) mass is 142 g/mol. The zero-order valence-corrected chi connectivity index (χ0v) is 6.96. The molecule has 0 spiro atoms. The van der Waals surface area contributed by atoms with Crippen molar-refractivity contribution in [1.82, 2.24) is 0 Å². The SMILES string of the molecule is O=CC[SiH]1CCCCC1. The van der Waals surface area contributed by atoms with Crippen LogP contribution in [0, 0.1) is 0 Å². The van der Waals surface area contributed by atoms with Gasteiger partial charge in [0.05, 0.1) is 0 Å². The fraction of sp³-hybridized carbons (Fsp3) is 0.857. The molecule has 0 radical (unpaired) electrons. The summed E-state index contributed by atoms with van der Waals surface area (Å²) in [7, 11) is -0.494. The summed E-state index contributed by atoms with van der Waals surface area (Å²) in [5, 5.41) is 0. The van der Waals surface area contributed by atoms with Crippen molar-refractivity contribution in [2.75, 3.05) is 0 Å². The van der Waals surface area contributed by atoms with E-state index in [1.807, 2.05) is 0 Å². The van der Waals surface area contributed by atoms with E-state index < -0.39 is 8.80 Å². The molecule has 1 rings (SSSR count). The molecule has 1 aliphatic heterocycles. The van der Waals surface area contributed by atoms with Gasteiger partial charge in [-0.15, -0.1) is 0 Å². The summed E-state index contributed by atoms with van der Waals surface area (Å²) in [5.74, 6) is 0. The Morgan fingerprint density at radius 1 is 1.22 bits per heavy atom. The molecule has 0 unspecified atom stereocenters. The van der Waals surface area contributed by atoms with Crippen molar-refractivity contribution in [2.45, 2.75) is 37.4 Å². The molecule has 9 heavy (non-hydrogen) atoms. The molecule has 1 heterocycles.